The van der Waals surface area contributed by atoms with Gasteiger partial charge in [-0.3, -0.25) is 4.79 Å². The zero-order chi connectivity index (χ0) is 28.5. The van der Waals surface area contributed by atoms with Gasteiger partial charge in [0.15, 0.2) is 0 Å². The van der Waals surface area contributed by atoms with Crippen LogP contribution in [0.1, 0.15) is 26.7 Å². The Balaban J connectivity index is 1.57. The third kappa shape index (κ3) is 7.34. The Morgan fingerprint density at radius 3 is 2.40 bits per heavy atom. The summed E-state index contributed by atoms with van der Waals surface area (Å²) in [7, 11) is 0. The fraction of sp³-hybridized carbons (Fsp3) is 0.233. The van der Waals surface area contributed by atoms with E-state index in [2.05, 4.69) is 10.6 Å². The first-order chi connectivity index (χ1) is 19.4. The van der Waals surface area contributed by atoms with Gasteiger partial charge in [-0.15, -0.1) is 0 Å². The van der Waals surface area contributed by atoms with Gasteiger partial charge in [0.1, 0.15) is 18.1 Å². The van der Waals surface area contributed by atoms with Crippen molar-refractivity contribution in [3.05, 3.63) is 88.9 Å². The van der Waals surface area contributed by atoms with E-state index in [0.29, 0.717) is 51.8 Å². The Bertz CT molecular complexity index is 1460. The summed E-state index contributed by atoms with van der Waals surface area (Å²) >= 11 is 12.4. The number of anilines is 2. The van der Waals surface area contributed by atoms with Gasteiger partial charge in [0.05, 0.1) is 33.7 Å². The number of benzene rings is 3. The molecule has 208 valence electrons. The van der Waals surface area contributed by atoms with Crippen LogP contribution in [0.15, 0.2) is 78.9 Å². The molecule has 40 heavy (non-hydrogen) atoms. The van der Waals surface area contributed by atoms with Crippen LogP contribution in [0, 0.1) is 0 Å². The molecule has 4 aromatic rings. The van der Waals surface area contributed by atoms with E-state index in [1.54, 1.807) is 41.1 Å². The number of amides is 3. The number of nitrogens with zero attached hydrogens (tertiary/aromatic N) is 3. The fourth-order valence-electron chi connectivity index (χ4n) is 4.04. The minimum atomic E-state index is -0.390. The first kappa shape index (κ1) is 29.0. The van der Waals surface area contributed by atoms with Crippen molar-refractivity contribution in [3.8, 4) is 22.7 Å². The molecule has 0 spiro atoms. The Kier molecular flexibility index (Phi) is 10.0. The van der Waals surface area contributed by atoms with Crippen LogP contribution in [-0.4, -0.2) is 46.3 Å². The fourth-order valence-corrected chi connectivity index (χ4v) is 4.33. The van der Waals surface area contributed by atoms with Crippen molar-refractivity contribution >= 4 is 46.6 Å². The van der Waals surface area contributed by atoms with Crippen molar-refractivity contribution in [2.45, 2.75) is 26.7 Å². The maximum atomic E-state index is 13.3. The molecule has 0 unspecified atom stereocenters. The highest BCUT2D eigenvalue weighted by atomic mass is 35.5. The molecular weight excluding hydrogens is 549 g/mol. The summed E-state index contributed by atoms with van der Waals surface area (Å²) < 4.78 is 7.22. The van der Waals surface area contributed by atoms with Gasteiger partial charge in [-0.2, -0.15) is 5.10 Å². The van der Waals surface area contributed by atoms with E-state index >= 15 is 0 Å². The zero-order valence-electron chi connectivity index (χ0n) is 22.4. The summed E-state index contributed by atoms with van der Waals surface area (Å²) in [6.45, 7) is 4.62. The predicted molar refractivity (Wildman–Crippen MR) is 161 cm³/mol. The van der Waals surface area contributed by atoms with E-state index in [1.165, 1.54) is 4.90 Å². The third-order valence-corrected chi connectivity index (χ3v) is 6.76. The topological polar surface area (TPSA) is 88.5 Å². The van der Waals surface area contributed by atoms with Gasteiger partial charge in [-0.05, 0) is 43.7 Å². The summed E-state index contributed by atoms with van der Waals surface area (Å²) in [6, 6.07) is 23.3. The van der Waals surface area contributed by atoms with Crippen molar-refractivity contribution in [3.63, 3.8) is 0 Å². The number of urea groups is 1. The van der Waals surface area contributed by atoms with E-state index in [-0.39, 0.29) is 12.5 Å². The summed E-state index contributed by atoms with van der Waals surface area (Å²) in [5.41, 5.74) is 2.71. The number of ether oxygens (including phenoxy) is 1. The highest BCUT2D eigenvalue weighted by molar-refractivity contribution is 6.42. The van der Waals surface area contributed by atoms with Crippen LogP contribution in [0.5, 0.6) is 5.75 Å². The molecule has 3 aromatic carbocycles. The van der Waals surface area contributed by atoms with Crippen LogP contribution in [-0.2, 0) is 4.79 Å². The Labute approximate surface area is 243 Å². The number of halogens is 2. The van der Waals surface area contributed by atoms with Gasteiger partial charge >= 0.3 is 6.03 Å². The number of unbranched alkanes of at least 4 members (excludes halogenated alkanes) is 1. The van der Waals surface area contributed by atoms with Gasteiger partial charge in [0, 0.05) is 18.2 Å². The number of hydrogen-bond acceptors (Lipinski definition) is 4. The summed E-state index contributed by atoms with van der Waals surface area (Å²) in [5, 5.41) is 11.3. The Hall–Kier alpha value is -4.01. The van der Waals surface area contributed by atoms with E-state index < -0.39 is 6.03 Å². The average molecular weight is 581 g/mol. The second kappa shape index (κ2) is 13.9. The first-order valence-electron chi connectivity index (χ1n) is 13.1. The molecule has 1 heterocycles. The predicted octanol–water partition coefficient (Wildman–Crippen LogP) is 7.52. The highest BCUT2D eigenvalue weighted by Gasteiger charge is 2.21. The van der Waals surface area contributed by atoms with Gasteiger partial charge < -0.3 is 20.3 Å². The Morgan fingerprint density at radius 2 is 1.68 bits per heavy atom. The molecule has 0 fully saturated rings. The molecule has 0 saturated heterocycles. The van der Waals surface area contributed by atoms with Gasteiger partial charge in [0.25, 0.3) is 0 Å². The van der Waals surface area contributed by atoms with Gasteiger partial charge in [-0.1, -0.05) is 79.0 Å². The van der Waals surface area contributed by atoms with Crippen molar-refractivity contribution in [2.75, 3.05) is 30.3 Å². The number of rotatable bonds is 11. The maximum Gasteiger partial charge on any atom is 0.322 e. The minimum absolute atomic E-state index is 0.157. The molecule has 8 nitrogen and oxygen atoms in total. The average Bonchev–Trinajstić information content (AvgIpc) is 3.37. The molecule has 0 aliphatic carbocycles. The summed E-state index contributed by atoms with van der Waals surface area (Å²) in [6.07, 6.45) is 1.61. The number of hydrogen-bond donors (Lipinski definition) is 2. The molecule has 4 rings (SSSR count). The van der Waals surface area contributed by atoms with E-state index in [1.807, 2.05) is 56.3 Å². The summed E-state index contributed by atoms with van der Waals surface area (Å²) in [4.78, 5) is 28.0. The molecule has 10 heteroatoms. The molecule has 2 N–H and O–H groups in total. The lowest BCUT2D eigenvalue weighted by Crippen LogP contribution is -2.41. The lowest BCUT2D eigenvalue weighted by molar-refractivity contribution is -0.116. The van der Waals surface area contributed by atoms with Gasteiger partial charge in [0.2, 0.25) is 5.91 Å². The lowest BCUT2D eigenvalue weighted by atomic mass is 10.1. The molecule has 1 aromatic heterocycles. The third-order valence-electron chi connectivity index (χ3n) is 6.03. The molecule has 3 amide bonds. The van der Waals surface area contributed by atoms with Crippen molar-refractivity contribution < 1.29 is 14.3 Å². The number of para-hydroxylation sites is 2. The molecule has 0 atom stereocenters. The van der Waals surface area contributed by atoms with Crippen molar-refractivity contribution in [2.24, 2.45) is 0 Å². The molecular formula is C30H31Cl2N5O3. The quantitative estimate of drug-likeness (QED) is 0.192. The molecule has 0 saturated carbocycles. The number of carbonyl (C=O) groups is 2. The number of carbonyl (C=O) groups excluding carboxylic acids is 2. The molecule has 0 aliphatic rings. The normalized spacial score (nSPS) is 10.7. The van der Waals surface area contributed by atoms with Crippen molar-refractivity contribution in [1.29, 1.82) is 0 Å². The SMILES string of the molecule is CCCCN(CC(=O)Nc1cc(-c2ccccc2)nn1-c1ccc(Cl)c(Cl)c1)C(=O)Nc1ccccc1OCC. The van der Waals surface area contributed by atoms with E-state index in [4.69, 9.17) is 33.0 Å². The maximum absolute atomic E-state index is 13.3. The summed E-state index contributed by atoms with van der Waals surface area (Å²) in [5.74, 6) is 0.627. The van der Waals surface area contributed by atoms with Crippen LogP contribution < -0.4 is 15.4 Å². The van der Waals surface area contributed by atoms with Crippen LogP contribution >= 0.6 is 23.2 Å². The number of aromatic nitrogens is 2. The highest BCUT2D eigenvalue weighted by Crippen LogP contribution is 2.29. The standard InChI is InChI=1S/C30H31Cl2N5O3/c1-3-5-17-36(30(39)33-25-13-9-10-14-27(25)40-4-2)20-29(38)34-28-19-26(21-11-7-6-8-12-21)35-37(28)22-15-16-23(31)24(32)18-22/h6-16,18-19H,3-5,17,20H2,1-2H3,(H,33,39)(H,34,38). The van der Waals surface area contributed by atoms with Gasteiger partial charge in [-0.25, -0.2) is 9.48 Å². The smallest absolute Gasteiger partial charge is 0.322 e. The lowest BCUT2D eigenvalue weighted by Gasteiger charge is -2.23. The largest absolute Gasteiger partial charge is 0.492 e. The molecule has 0 aliphatic heterocycles. The van der Waals surface area contributed by atoms with Crippen LogP contribution in [0.3, 0.4) is 0 Å². The first-order valence-corrected chi connectivity index (χ1v) is 13.8. The molecule has 0 bridgehead atoms. The van der Waals surface area contributed by atoms with Crippen molar-refractivity contribution in [1.82, 2.24) is 14.7 Å². The van der Waals surface area contributed by atoms with Crippen LogP contribution in [0.2, 0.25) is 10.0 Å². The second-order valence-electron chi connectivity index (χ2n) is 8.97. The zero-order valence-corrected chi connectivity index (χ0v) is 23.9. The van der Waals surface area contributed by atoms with E-state index in [9.17, 15) is 9.59 Å². The monoisotopic (exact) mass is 579 g/mol. The number of nitrogens with one attached hydrogen (secondary N) is 2. The van der Waals surface area contributed by atoms with Crippen LogP contribution in [0.4, 0.5) is 16.3 Å². The van der Waals surface area contributed by atoms with E-state index in [0.717, 1.165) is 18.4 Å². The van der Waals surface area contributed by atoms with Crippen LogP contribution in [0.25, 0.3) is 16.9 Å². The Morgan fingerprint density at radius 1 is 0.925 bits per heavy atom. The molecule has 0 radical (unpaired) electrons. The minimum Gasteiger partial charge on any atom is -0.492 e. The second-order valence-corrected chi connectivity index (χ2v) is 9.79.